The van der Waals surface area contributed by atoms with Crippen molar-refractivity contribution in [3.63, 3.8) is 0 Å². The summed E-state index contributed by atoms with van der Waals surface area (Å²) in [7, 11) is 0. The van der Waals surface area contributed by atoms with E-state index in [0.29, 0.717) is 6.42 Å². The number of hydroxylamine groups is 1. The summed E-state index contributed by atoms with van der Waals surface area (Å²) in [4.78, 5) is 14.9. The van der Waals surface area contributed by atoms with E-state index in [2.05, 4.69) is 11.1 Å². The topological polar surface area (TPSA) is 66.6 Å². The molecule has 18 heavy (non-hydrogen) atoms. The van der Waals surface area contributed by atoms with E-state index in [-0.39, 0.29) is 5.91 Å². The Hall–Kier alpha value is -1.88. The second kappa shape index (κ2) is 6.16. The molecular weight excluding hydrogens is 230 g/mol. The van der Waals surface area contributed by atoms with Crippen molar-refractivity contribution < 1.29 is 10.0 Å². The van der Waals surface area contributed by atoms with Gasteiger partial charge in [-0.2, -0.15) is 0 Å². The third kappa shape index (κ3) is 3.07. The van der Waals surface area contributed by atoms with Crippen LogP contribution in [0.15, 0.2) is 30.9 Å². The van der Waals surface area contributed by atoms with Gasteiger partial charge in [-0.1, -0.05) is 12.5 Å². The SMILES string of the molecule is O=C(CCCCCc1cccn2cncc12)NO. The Morgan fingerprint density at radius 1 is 1.39 bits per heavy atom. The lowest BCUT2D eigenvalue weighted by Crippen LogP contribution is -2.17. The second-order valence-electron chi connectivity index (χ2n) is 4.32. The summed E-state index contributed by atoms with van der Waals surface area (Å²) < 4.78 is 2.01. The lowest BCUT2D eigenvalue weighted by molar-refractivity contribution is -0.129. The summed E-state index contributed by atoms with van der Waals surface area (Å²) >= 11 is 0. The number of unbranched alkanes of at least 4 members (excludes halogenated alkanes) is 2. The predicted molar refractivity (Wildman–Crippen MR) is 67.3 cm³/mol. The molecule has 2 heterocycles. The second-order valence-corrected chi connectivity index (χ2v) is 4.32. The highest BCUT2D eigenvalue weighted by Crippen LogP contribution is 2.14. The number of aromatic nitrogens is 2. The van der Waals surface area contributed by atoms with Gasteiger partial charge in [0.1, 0.15) is 0 Å². The first kappa shape index (κ1) is 12.6. The highest BCUT2D eigenvalue weighted by Gasteiger charge is 2.02. The number of rotatable bonds is 6. The quantitative estimate of drug-likeness (QED) is 0.466. The predicted octanol–water partition coefficient (Wildman–Crippen LogP) is 1.94. The molecule has 5 nitrogen and oxygen atoms in total. The van der Waals surface area contributed by atoms with Crippen molar-refractivity contribution in [3.05, 3.63) is 36.4 Å². The molecular formula is C13H17N3O2. The van der Waals surface area contributed by atoms with Crippen molar-refractivity contribution >= 4 is 11.4 Å². The fourth-order valence-corrected chi connectivity index (χ4v) is 2.05. The van der Waals surface area contributed by atoms with Crippen LogP contribution >= 0.6 is 0 Å². The van der Waals surface area contributed by atoms with E-state index in [9.17, 15) is 4.79 Å². The van der Waals surface area contributed by atoms with Crippen molar-refractivity contribution in [2.45, 2.75) is 32.1 Å². The summed E-state index contributed by atoms with van der Waals surface area (Å²) in [5, 5.41) is 8.35. The molecule has 0 atom stereocenters. The molecule has 2 aromatic rings. The Balaban J connectivity index is 1.80. The highest BCUT2D eigenvalue weighted by atomic mass is 16.5. The van der Waals surface area contributed by atoms with Crippen molar-refractivity contribution in [2.24, 2.45) is 0 Å². The van der Waals surface area contributed by atoms with Crippen LogP contribution in [0.2, 0.25) is 0 Å². The number of carbonyl (C=O) groups excluding carboxylic acids is 1. The number of imidazole rings is 1. The highest BCUT2D eigenvalue weighted by molar-refractivity contribution is 5.74. The molecule has 96 valence electrons. The number of pyridine rings is 1. The molecule has 0 bridgehead atoms. The molecule has 0 unspecified atom stereocenters. The zero-order chi connectivity index (χ0) is 12.8. The van der Waals surface area contributed by atoms with Gasteiger partial charge in [0, 0.05) is 12.6 Å². The molecule has 5 heteroatoms. The van der Waals surface area contributed by atoms with Crippen LogP contribution < -0.4 is 5.48 Å². The van der Waals surface area contributed by atoms with Crippen molar-refractivity contribution in [3.8, 4) is 0 Å². The Morgan fingerprint density at radius 2 is 2.28 bits per heavy atom. The van der Waals surface area contributed by atoms with Gasteiger partial charge in [-0.3, -0.25) is 10.0 Å². The lowest BCUT2D eigenvalue weighted by Gasteiger charge is -2.04. The summed E-state index contributed by atoms with van der Waals surface area (Å²) in [5.41, 5.74) is 4.07. The van der Waals surface area contributed by atoms with Crippen LogP contribution in [0.25, 0.3) is 5.52 Å². The normalized spacial score (nSPS) is 10.7. The minimum atomic E-state index is -0.312. The Kier molecular flexibility index (Phi) is 4.30. The molecule has 0 aliphatic carbocycles. The molecule has 2 rings (SSSR count). The molecule has 0 spiro atoms. The maximum atomic E-state index is 10.8. The average Bonchev–Trinajstić information content (AvgIpc) is 2.87. The number of carbonyl (C=O) groups is 1. The monoisotopic (exact) mass is 247 g/mol. The molecule has 0 saturated heterocycles. The van der Waals surface area contributed by atoms with Gasteiger partial charge < -0.3 is 4.40 Å². The molecule has 0 aromatic carbocycles. The summed E-state index contributed by atoms with van der Waals surface area (Å²) in [5.74, 6) is -0.312. The molecule has 0 fully saturated rings. The third-order valence-electron chi connectivity index (χ3n) is 3.01. The fourth-order valence-electron chi connectivity index (χ4n) is 2.05. The van der Waals surface area contributed by atoms with Crippen molar-refractivity contribution in [1.82, 2.24) is 14.9 Å². The van der Waals surface area contributed by atoms with Crippen LogP contribution in [0, 0.1) is 0 Å². The van der Waals surface area contributed by atoms with E-state index in [4.69, 9.17) is 5.21 Å². The van der Waals surface area contributed by atoms with Crippen LogP contribution in [0.5, 0.6) is 0 Å². The summed E-state index contributed by atoms with van der Waals surface area (Å²) in [6.45, 7) is 0. The van der Waals surface area contributed by atoms with Crippen LogP contribution in [0.4, 0.5) is 0 Å². The molecule has 1 amide bonds. The minimum Gasteiger partial charge on any atom is -0.306 e. The van der Waals surface area contributed by atoms with E-state index in [1.807, 2.05) is 22.9 Å². The number of hydrogen-bond donors (Lipinski definition) is 2. The molecule has 0 aliphatic rings. The van der Waals surface area contributed by atoms with Gasteiger partial charge in [0.05, 0.1) is 18.0 Å². The Morgan fingerprint density at radius 3 is 3.11 bits per heavy atom. The summed E-state index contributed by atoms with van der Waals surface area (Å²) in [6.07, 6.45) is 9.82. The molecule has 2 aromatic heterocycles. The average molecular weight is 247 g/mol. The molecule has 0 radical (unpaired) electrons. The number of nitrogens with zero attached hydrogens (tertiary/aromatic N) is 2. The van der Waals surface area contributed by atoms with Crippen LogP contribution in [-0.2, 0) is 11.2 Å². The first-order chi connectivity index (χ1) is 8.81. The van der Waals surface area contributed by atoms with E-state index in [1.54, 1.807) is 11.8 Å². The smallest absolute Gasteiger partial charge is 0.243 e. The number of amides is 1. The fraction of sp³-hybridized carbons (Fsp3) is 0.385. The van der Waals surface area contributed by atoms with Crippen LogP contribution in [0.3, 0.4) is 0 Å². The zero-order valence-corrected chi connectivity index (χ0v) is 10.2. The number of nitrogens with one attached hydrogen (secondary N) is 1. The van der Waals surface area contributed by atoms with Gasteiger partial charge in [0.2, 0.25) is 5.91 Å². The number of fused-ring (bicyclic) bond motifs is 1. The maximum Gasteiger partial charge on any atom is 0.243 e. The lowest BCUT2D eigenvalue weighted by atomic mass is 10.1. The van der Waals surface area contributed by atoms with E-state index in [0.717, 1.165) is 31.2 Å². The van der Waals surface area contributed by atoms with Crippen molar-refractivity contribution in [1.29, 1.82) is 0 Å². The van der Waals surface area contributed by atoms with Gasteiger partial charge in [-0.05, 0) is 30.9 Å². The largest absolute Gasteiger partial charge is 0.306 e. The van der Waals surface area contributed by atoms with Gasteiger partial charge >= 0.3 is 0 Å². The van der Waals surface area contributed by atoms with Crippen LogP contribution in [0.1, 0.15) is 31.2 Å². The van der Waals surface area contributed by atoms with Gasteiger partial charge in [-0.25, -0.2) is 10.5 Å². The zero-order valence-electron chi connectivity index (χ0n) is 10.2. The van der Waals surface area contributed by atoms with Gasteiger partial charge in [0.15, 0.2) is 0 Å². The first-order valence-electron chi connectivity index (χ1n) is 6.14. The standard InChI is InChI=1S/C13H17N3O2/c17-13(15-18)7-3-1-2-5-11-6-4-8-16-10-14-9-12(11)16/h4,6,8-10,18H,1-3,5,7H2,(H,15,17). The van der Waals surface area contributed by atoms with Gasteiger partial charge in [0.25, 0.3) is 0 Å². The van der Waals surface area contributed by atoms with Crippen molar-refractivity contribution in [2.75, 3.05) is 0 Å². The maximum absolute atomic E-state index is 10.8. The number of hydrogen-bond acceptors (Lipinski definition) is 3. The summed E-state index contributed by atoms with van der Waals surface area (Å²) in [6, 6.07) is 4.13. The van der Waals surface area contributed by atoms with E-state index >= 15 is 0 Å². The molecule has 0 saturated carbocycles. The Labute approximate surface area is 105 Å². The van der Waals surface area contributed by atoms with Gasteiger partial charge in [-0.15, -0.1) is 0 Å². The molecule has 0 aliphatic heterocycles. The van der Waals surface area contributed by atoms with E-state index in [1.165, 1.54) is 5.56 Å². The Bertz CT molecular complexity index is 522. The number of aryl methyl sites for hydroxylation is 1. The van der Waals surface area contributed by atoms with Crippen LogP contribution in [-0.4, -0.2) is 20.5 Å². The first-order valence-corrected chi connectivity index (χ1v) is 6.14. The molecule has 2 N–H and O–H groups in total. The minimum absolute atomic E-state index is 0.312. The van der Waals surface area contributed by atoms with E-state index < -0.39 is 0 Å². The third-order valence-corrected chi connectivity index (χ3v) is 3.01.